The summed E-state index contributed by atoms with van der Waals surface area (Å²) >= 11 is 3.98. The maximum absolute atomic E-state index is 13.0. The maximum Gasteiger partial charge on any atom is 0.133 e. The van der Waals surface area contributed by atoms with E-state index >= 15 is 0 Å². The summed E-state index contributed by atoms with van der Waals surface area (Å²) in [6, 6.07) is 3.83. The minimum absolute atomic E-state index is 0.0179. The summed E-state index contributed by atoms with van der Waals surface area (Å²) in [5.74, 6) is -0.391. The van der Waals surface area contributed by atoms with Crippen LogP contribution in [0.1, 0.15) is 12.0 Å². The van der Waals surface area contributed by atoms with Gasteiger partial charge in [0.1, 0.15) is 11.6 Å². The molecule has 1 aromatic rings. The normalized spacial score (nSPS) is 11.0. The maximum atomic E-state index is 13.0. The third-order valence-corrected chi connectivity index (χ3v) is 1.84. The van der Waals surface area contributed by atoms with Crippen LogP contribution in [0.15, 0.2) is 24.3 Å². The summed E-state index contributed by atoms with van der Waals surface area (Å²) in [4.78, 5) is 0. The Bertz CT molecular complexity index is 288. The number of rotatable bonds is 3. The fraction of sp³-hybridized carbons (Fsp3) is 0.200. The molecule has 3 heteroatoms. The lowest BCUT2D eigenvalue weighted by atomic mass is 10.2. The fourth-order valence-electron chi connectivity index (χ4n) is 0.946. The van der Waals surface area contributed by atoms with Crippen molar-refractivity contribution in [3.8, 4) is 0 Å². The average Bonchev–Trinajstić information content (AvgIpc) is 2.10. The van der Waals surface area contributed by atoms with Crippen molar-refractivity contribution >= 4 is 18.7 Å². The van der Waals surface area contributed by atoms with Crippen LogP contribution in [-0.2, 0) is 0 Å². The highest BCUT2D eigenvalue weighted by atomic mass is 32.1. The Labute approximate surface area is 81.7 Å². The number of allylic oxidation sites excluding steroid dienone is 1. The van der Waals surface area contributed by atoms with Crippen LogP contribution in [-0.4, -0.2) is 5.75 Å². The molecule has 0 unspecified atom stereocenters. The molecule has 0 saturated heterocycles. The Balaban J connectivity index is 2.87. The molecule has 0 atom stereocenters. The van der Waals surface area contributed by atoms with E-state index in [1.807, 2.05) is 0 Å². The van der Waals surface area contributed by atoms with Gasteiger partial charge >= 0.3 is 0 Å². The van der Waals surface area contributed by atoms with Gasteiger partial charge in [0, 0.05) is 5.56 Å². The molecule has 0 amide bonds. The largest absolute Gasteiger partial charge is 0.206 e. The second kappa shape index (κ2) is 5.02. The first-order chi connectivity index (χ1) is 6.25. The number of halogens is 2. The fourth-order valence-corrected chi connectivity index (χ4v) is 1.09. The topological polar surface area (TPSA) is 0 Å². The number of benzene rings is 1. The SMILES string of the molecule is Fc1cccc(F)c1C=CCCS. The van der Waals surface area contributed by atoms with E-state index in [1.165, 1.54) is 24.3 Å². The van der Waals surface area contributed by atoms with Gasteiger partial charge < -0.3 is 0 Å². The molecule has 0 nitrogen and oxygen atoms in total. The zero-order valence-electron chi connectivity index (χ0n) is 7.00. The molecule has 0 bridgehead atoms. The number of hydrogen-bond donors (Lipinski definition) is 1. The first kappa shape index (κ1) is 10.3. The molecule has 0 heterocycles. The van der Waals surface area contributed by atoms with Gasteiger partial charge in [0.05, 0.1) is 0 Å². The van der Waals surface area contributed by atoms with Crippen LogP contribution in [0.25, 0.3) is 6.08 Å². The average molecular weight is 200 g/mol. The number of hydrogen-bond acceptors (Lipinski definition) is 1. The molecule has 0 fully saturated rings. The molecule has 0 N–H and O–H groups in total. The third-order valence-electron chi connectivity index (χ3n) is 1.58. The first-order valence-corrected chi connectivity index (χ1v) is 4.60. The standard InChI is InChI=1S/C10H10F2S/c11-9-5-3-6-10(12)8(9)4-1-2-7-13/h1,3-6,13H,2,7H2. The van der Waals surface area contributed by atoms with Gasteiger partial charge in [0.15, 0.2) is 0 Å². The van der Waals surface area contributed by atoms with Crippen LogP contribution >= 0.6 is 12.6 Å². The molecule has 0 saturated carbocycles. The molecule has 13 heavy (non-hydrogen) atoms. The molecular formula is C10H10F2S. The van der Waals surface area contributed by atoms with Gasteiger partial charge in [-0.1, -0.05) is 18.2 Å². The zero-order chi connectivity index (χ0) is 9.68. The molecule has 0 aliphatic carbocycles. The zero-order valence-corrected chi connectivity index (χ0v) is 7.90. The van der Waals surface area contributed by atoms with E-state index in [4.69, 9.17) is 0 Å². The molecule has 0 aliphatic heterocycles. The van der Waals surface area contributed by atoms with E-state index in [-0.39, 0.29) is 5.56 Å². The van der Waals surface area contributed by atoms with E-state index in [2.05, 4.69) is 12.6 Å². The summed E-state index contributed by atoms with van der Waals surface area (Å²) in [5.41, 5.74) is 0.0179. The Morgan fingerprint density at radius 3 is 2.38 bits per heavy atom. The Morgan fingerprint density at radius 2 is 1.85 bits per heavy atom. The number of thiol groups is 1. The molecule has 1 aromatic carbocycles. The molecule has 0 radical (unpaired) electrons. The molecular weight excluding hydrogens is 190 g/mol. The van der Waals surface area contributed by atoms with Gasteiger partial charge in [0.2, 0.25) is 0 Å². The molecule has 0 aliphatic rings. The van der Waals surface area contributed by atoms with Gasteiger partial charge in [-0.2, -0.15) is 12.6 Å². The summed E-state index contributed by atoms with van der Waals surface area (Å²) in [6.45, 7) is 0. The molecule has 70 valence electrons. The van der Waals surface area contributed by atoms with Crippen LogP contribution < -0.4 is 0 Å². The van der Waals surface area contributed by atoms with Crippen molar-refractivity contribution < 1.29 is 8.78 Å². The van der Waals surface area contributed by atoms with Gasteiger partial charge in [-0.05, 0) is 24.3 Å². The Morgan fingerprint density at radius 1 is 1.23 bits per heavy atom. The van der Waals surface area contributed by atoms with Gasteiger partial charge in [-0.3, -0.25) is 0 Å². The minimum Gasteiger partial charge on any atom is -0.206 e. The second-order valence-electron chi connectivity index (χ2n) is 2.55. The van der Waals surface area contributed by atoms with E-state index in [0.717, 1.165) is 0 Å². The van der Waals surface area contributed by atoms with Crippen LogP contribution in [0, 0.1) is 11.6 Å². The predicted molar refractivity (Wildman–Crippen MR) is 53.9 cm³/mol. The van der Waals surface area contributed by atoms with E-state index < -0.39 is 11.6 Å². The lowest BCUT2D eigenvalue weighted by Crippen LogP contribution is -1.86. The second-order valence-corrected chi connectivity index (χ2v) is 3.00. The summed E-state index contributed by atoms with van der Waals surface area (Å²) in [5, 5.41) is 0. The van der Waals surface area contributed by atoms with Gasteiger partial charge in [-0.25, -0.2) is 8.78 Å². The van der Waals surface area contributed by atoms with Crippen molar-refractivity contribution in [2.75, 3.05) is 5.75 Å². The van der Waals surface area contributed by atoms with E-state index in [1.54, 1.807) is 6.08 Å². The molecule has 1 rings (SSSR count). The highest BCUT2D eigenvalue weighted by Gasteiger charge is 2.02. The highest BCUT2D eigenvalue weighted by Crippen LogP contribution is 2.13. The van der Waals surface area contributed by atoms with Gasteiger partial charge in [0.25, 0.3) is 0 Å². The lowest BCUT2D eigenvalue weighted by Gasteiger charge is -1.97. The lowest BCUT2D eigenvalue weighted by molar-refractivity contribution is 0.578. The summed E-state index contributed by atoms with van der Waals surface area (Å²) in [6.07, 6.45) is 3.85. The third kappa shape index (κ3) is 2.84. The smallest absolute Gasteiger partial charge is 0.133 e. The first-order valence-electron chi connectivity index (χ1n) is 3.97. The van der Waals surface area contributed by atoms with Gasteiger partial charge in [-0.15, -0.1) is 0 Å². The minimum atomic E-state index is -0.532. The van der Waals surface area contributed by atoms with Crippen molar-refractivity contribution in [2.24, 2.45) is 0 Å². The van der Waals surface area contributed by atoms with Crippen molar-refractivity contribution in [3.63, 3.8) is 0 Å². The highest BCUT2D eigenvalue weighted by molar-refractivity contribution is 7.80. The quantitative estimate of drug-likeness (QED) is 0.711. The predicted octanol–water partition coefficient (Wildman–Crippen LogP) is 3.30. The van der Waals surface area contributed by atoms with Crippen LogP contribution in [0.4, 0.5) is 8.78 Å². The van der Waals surface area contributed by atoms with Crippen LogP contribution in [0.2, 0.25) is 0 Å². The van der Waals surface area contributed by atoms with Crippen LogP contribution in [0.5, 0.6) is 0 Å². The monoisotopic (exact) mass is 200 g/mol. The van der Waals surface area contributed by atoms with Crippen molar-refractivity contribution in [3.05, 3.63) is 41.5 Å². The summed E-state index contributed by atoms with van der Waals surface area (Å²) in [7, 11) is 0. The van der Waals surface area contributed by atoms with E-state index in [0.29, 0.717) is 12.2 Å². The molecule has 0 spiro atoms. The van der Waals surface area contributed by atoms with Crippen LogP contribution in [0.3, 0.4) is 0 Å². The van der Waals surface area contributed by atoms with Crippen molar-refractivity contribution in [1.82, 2.24) is 0 Å². The Hall–Kier alpha value is -0.830. The summed E-state index contributed by atoms with van der Waals surface area (Å²) < 4.78 is 25.9. The van der Waals surface area contributed by atoms with Crippen molar-refractivity contribution in [2.45, 2.75) is 6.42 Å². The van der Waals surface area contributed by atoms with E-state index in [9.17, 15) is 8.78 Å². The van der Waals surface area contributed by atoms with Crippen molar-refractivity contribution in [1.29, 1.82) is 0 Å². The molecule has 0 aromatic heterocycles. The Kier molecular flexibility index (Phi) is 3.96.